The molecule has 14 aromatic rings. The van der Waals surface area contributed by atoms with Crippen molar-refractivity contribution in [2.24, 2.45) is 0 Å². The molecule has 2 nitrogen and oxygen atoms in total. The Bertz CT molecular complexity index is 4140. The highest BCUT2D eigenvalue weighted by molar-refractivity contribution is 6.39. The van der Waals surface area contributed by atoms with Crippen molar-refractivity contribution in [2.45, 2.75) is 0 Å². The van der Waals surface area contributed by atoms with E-state index in [0.29, 0.717) is 0 Å². The predicted octanol–water partition coefficient (Wildman–Crippen LogP) is 16.4. The van der Waals surface area contributed by atoms with E-state index in [1.807, 2.05) is 12.3 Å². The van der Waals surface area contributed by atoms with E-state index in [0.717, 1.165) is 33.1 Å². The standard InChI is InChI=1S/C60H34N2/c1-3-16-47-42(14-1)53(38-25-23-35(24-26-38)52-32-31-40-30-29-39-13-9-33-61-59(39)60(40)62-52)43-15-2-4-17-48(43)57(47)51-34-41-12-7-20-45-44-18-5-10-36-27-28-37-11-6-19-46(55(37)54(36)44)49-21-8-22-50(51)58(49)56(41)45/h1-34H. The van der Waals surface area contributed by atoms with Crippen molar-refractivity contribution in [2.75, 3.05) is 0 Å². The van der Waals surface area contributed by atoms with Crippen LogP contribution in [-0.2, 0) is 0 Å². The van der Waals surface area contributed by atoms with Gasteiger partial charge in [-0.25, -0.2) is 4.98 Å². The first-order valence-electron chi connectivity index (χ1n) is 21.4. The molecular formula is C60H34N2. The lowest BCUT2D eigenvalue weighted by Gasteiger charge is -2.21. The van der Waals surface area contributed by atoms with Crippen LogP contribution >= 0.6 is 0 Å². The van der Waals surface area contributed by atoms with Crippen molar-refractivity contribution in [1.29, 1.82) is 0 Å². The highest BCUT2D eigenvalue weighted by Crippen LogP contribution is 2.50. The van der Waals surface area contributed by atoms with Crippen molar-refractivity contribution in [3.63, 3.8) is 0 Å². The Balaban J connectivity index is 1.04. The number of hydrogen-bond donors (Lipinski definition) is 0. The zero-order valence-corrected chi connectivity index (χ0v) is 33.5. The van der Waals surface area contributed by atoms with E-state index < -0.39 is 0 Å². The highest BCUT2D eigenvalue weighted by Gasteiger charge is 2.22. The first-order chi connectivity index (χ1) is 30.8. The van der Waals surface area contributed by atoms with Crippen molar-refractivity contribution in [3.05, 3.63) is 206 Å². The summed E-state index contributed by atoms with van der Waals surface area (Å²) in [6.45, 7) is 0. The third kappa shape index (κ3) is 4.64. The minimum Gasteiger partial charge on any atom is -0.254 e. The zero-order chi connectivity index (χ0) is 40.5. The zero-order valence-electron chi connectivity index (χ0n) is 33.5. The second-order valence-corrected chi connectivity index (χ2v) is 16.8. The summed E-state index contributed by atoms with van der Waals surface area (Å²) in [6, 6.07) is 74.2. The number of benzene rings is 11. The number of pyridine rings is 2. The Morgan fingerprint density at radius 3 is 1.37 bits per heavy atom. The Labute approximate surface area is 356 Å². The van der Waals surface area contributed by atoms with Crippen molar-refractivity contribution in [3.8, 4) is 33.5 Å². The van der Waals surface area contributed by atoms with E-state index in [2.05, 4.69) is 194 Å². The van der Waals surface area contributed by atoms with Crippen LogP contribution in [0.1, 0.15) is 0 Å². The van der Waals surface area contributed by atoms with E-state index in [1.165, 1.54) is 108 Å². The molecule has 0 bridgehead atoms. The first kappa shape index (κ1) is 33.6. The quantitative estimate of drug-likeness (QED) is 0.132. The summed E-state index contributed by atoms with van der Waals surface area (Å²) in [4.78, 5) is 9.86. The van der Waals surface area contributed by atoms with Crippen LogP contribution in [0.5, 0.6) is 0 Å². The largest absolute Gasteiger partial charge is 0.254 e. The number of aromatic nitrogens is 2. The van der Waals surface area contributed by atoms with Crippen LogP contribution in [0.25, 0.3) is 141 Å². The van der Waals surface area contributed by atoms with Gasteiger partial charge in [-0.15, -0.1) is 0 Å². The van der Waals surface area contributed by atoms with Gasteiger partial charge in [0.2, 0.25) is 0 Å². The Kier molecular flexibility index (Phi) is 6.86. The molecule has 0 aliphatic carbocycles. The molecule has 2 heteroatoms. The van der Waals surface area contributed by atoms with Gasteiger partial charge in [0.25, 0.3) is 0 Å². The predicted molar refractivity (Wildman–Crippen MR) is 265 cm³/mol. The topological polar surface area (TPSA) is 25.8 Å². The summed E-state index contributed by atoms with van der Waals surface area (Å²) < 4.78 is 0. The van der Waals surface area contributed by atoms with Gasteiger partial charge in [-0.05, 0) is 127 Å². The molecule has 2 aromatic heterocycles. The van der Waals surface area contributed by atoms with E-state index >= 15 is 0 Å². The molecule has 0 aliphatic rings. The summed E-state index contributed by atoms with van der Waals surface area (Å²) in [5, 5.41) is 22.7. The van der Waals surface area contributed by atoms with E-state index in [1.54, 1.807) is 0 Å². The molecule has 0 saturated carbocycles. The Morgan fingerprint density at radius 1 is 0.274 bits per heavy atom. The fourth-order valence-corrected chi connectivity index (χ4v) is 10.9. The van der Waals surface area contributed by atoms with Crippen LogP contribution in [0.4, 0.5) is 0 Å². The molecule has 0 radical (unpaired) electrons. The number of fused-ring (bicyclic) bond motifs is 7. The van der Waals surface area contributed by atoms with Crippen LogP contribution in [0.2, 0.25) is 0 Å². The third-order valence-corrected chi connectivity index (χ3v) is 13.6. The minimum absolute atomic E-state index is 0.929. The van der Waals surface area contributed by atoms with Crippen LogP contribution < -0.4 is 0 Å². The van der Waals surface area contributed by atoms with Gasteiger partial charge in [0, 0.05) is 22.5 Å². The molecule has 0 saturated heterocycles. The van der Waals surface area contributed by atoms with Gasteiger partial charge in [-0.2, -0.15) is 0 Å². The maximum absolute atomic E-state index is 5.16. The molecule has 0 amide bonds. The summed E-state index contributed by atoms with van der Waals surface area (Å²) in [5.41, 5.74) is 8.82. The van der Waals surface area contributed by atoms with Crippen LogP contribution in [0.3, 0.4) is 0 Å². The SMILES string of the molecule is c1cnc2c(c1)ccc1ccc(-c3ccc(-c4c5ccccc5c(-c5cc6cccc7c8cccc9ccc%10cccc(c%11cccc5c%11c67)c%10c98)c5ccccc45)cc3)nc12. The molecule has 284 valence electrons. The molecule has 0 unspecified atom stereocenters. The summed E-state index contributed by atoms with van der Waals surface area (Å²) in [5.74, 6) is 0. The molecule has 0 fully saturated rings. The number of rotatable bonds is 3. The number of nitrogens with zero attached hydrogens (tertiary/aromatic N) is 2. The second-order valence-electron chi connectivity index (χ2n) is 16.8. The summed E-state index contributed by atoms with van der Waals surface area (Å²) in [6.07, 6.45) is 1.85. The van der Waals surface area contributed by atoms with Crippen LogP contribution in [0, 0.1) is 0 Å². The fraction of sp³-hybridized carbons (Fsp3) is 0. The smallest absolute Gasteiger partial charge is 0.0972 e. The average Bonchev–Trinajstić information content (AvgIpc) is 3.34. The molecule has 62 heavy (non-hydrogen) atoms. The number of hydrogen-bond acceptors (Lipinski definition) is 2. The summed E-state index contributed by atoms with van der Waals surface area (Å²) in [7, 11) is 0. The van der Waals surface area contributed by atoms with Crippen LogP contribution in [0.15, 0.2) is 206 Å². The van der Waals surface area contributed by atoms with E-state index in [4.69, 9.17) is 9.97 Å². The molecule has 0 aliphatic heterocycles. The third-order valence-electron chi connectivity index (χ3n) is 13.6. The van der Waals surface area contributed by atoms with E-state index in [9.17, 15) is 0 Å². The fourth-order valence-electron chi connectivity index (χ4n) is 10.9. The summed E-state index contributed by atoms with van der Waals surface area (Å²) >= 11 is 0. The molecule has 12 aromatic carbocycles. The Morgan fingerprint density at radius 2 is 0.726 bits per heavy atom. The van der Waals surface area contributed by atoms with Gasteiger partial charge >= 0.3 is 0 Å². The van der Waals surface area contributed by atoms with Gasteiger partial charge in [0.05, 0.1) is 16.7 Å². The van der Waals surface area contributed by atoms with Crippen molar-refractivity contribution < 1.29 is 0 Å². The molecule has 14 rings (SSSR count). The lowest BCUT2D eigenvalue weighted by Crippen LogP contribution is -1.93. The van der Waals surface area contributed by atoms with Gasteiger partial charge in [-0.3, -0.25) is 4.98 Å². The molecule has 0 atom stereocenters. The monoisotopic (exact) mass is 782 g/mol. The Hall–Kier alpha value is -8.20. The molecule has 2 heterocycles. The van der Waals surface area contributed by atoms with Crippen molar-refractivity contribution >= 4 is 108 Å². The lowest BCUT2D eigenvalue weighted by molar-refractivity contribution is 1.37. The lowest BCUT2D eigenvalue weighted by atomic mass is 9.82. The normalized spacial score (nSPS) is 12.2. The van der Waals surface area contributed by atoms with Gasteiger partial charge in [0.15, 0.2) is 0 Å². The van der Waals surface area contributed by atoms with Gasteiger partial charge in [-0.1, -0.05) is 182 Å². The molecular weight excluding hydrogens is 749 g/mol. The van der Waals surface area contributed by atoms with Crippen LogP contribution in [-0.4, -0.2) is 9.97 Å². The molecule has 0 spiro atoms. The first-order valence-corrected chi connectivity index (χ1v) is 21.4. The maximum atomic E-state index is 5.16. The van der Waals surface area contributed by atoms with E-state index in [-0.39, 0.29) is 0 Å². The second kappa shape index (κ2) is 12.7. The maximum Gasteiger partial charge on any atom is 0.0972 e. The molecule has 0 N–H and O–H groups in total. The average molecular weight is 783 g/mol. The highest BCUT2D eigenvalue weighted by atomic mass is 14.7. The van der Waals surface area contributed by atoms with Gasteiger partial charge < -0.3 is 0 Å². The van der Waals surface area contributed by atoms with Gasteiger partial charge in [0.1, 0.15) is 0 Å². The van der Waals surface area contributed by atoms with Crippen molar-refractivity contribution in [1.82, 2.24) is 9.97 Å². The minimum atomic E-state index is 0.929.